The summed E-state index contributed by atoms with van der Waals surface area (Å²) in [5.41, 5.74) is 1.99. The molecule has 0 atom stereocenters. The van der Waals surface area contributed by atoms with Gasteiger partial charge in [0.2, 0.25) is 0 Å². The van der Waals surface area contributed by atoms with Gasteiger partial charge in [0.1, 0.15) is 0 Å². The second-order valence-corrected chi connectivity index (χ2v) is 3.95. The minimum atomic E-state index is -0.285. The molecule has 0 spiro atoms. The van der Waals surface area contributed by atoms with Crippen LogP contribution in [0, 0.1) is 6.92 Å². The summed E-state index contributed by atoms with van der Waals surface area (Å²) in [4.78, 5) is 13.5. The molecule has 0 radical (unpaired) electrons. The van der Waals surface area contributed by atoms with E-state index >= 15 is 0 Å². The molecule has 0 aromatic heterocycles. The van der Waals surface area contributed by atoms with Crippen molar-refractivity contribution in [2.45, 2.75) is 33.7 Å². The third-order valence-electron chi connectivity index (χ3n) is 2.36. The normalized spacial score (nSPS) is 10.3. The van der Waals surface area contributed by atoms with Crippen LogP contribution >= 0.6 is 0 Å². The van der Waals surface area contributed by atoms with Crippen LogP contribution in [0.4, 0.5) is 10.5 Å². The van der Waals surface area contributed by atoms with Crippen LogP contribution in [0.25, 0.3) is 0 Å². The highest BCUT2D eigenvalue weighted by atomic mass is 16.6. The highest BCUT2D eigenvalue weighted by Crippen LogP contribution is 2.22. The van der Waals surface area contributed by atoms with Crippen molar-refractivity contribution in [1.29, 1.82) is 0 Å². The molecule has 0 fully saturated rings. The Bertz CT molecular complexity index is 361. The van der Waals surface area contributed by atoms with Crippen molar-refractivity contribution in [2.75, 3.05) is 11.5 Å². The van der Waals surface area contributed by atoms with E-state index in [-0.39, 0.29) is 12.1 Å². The molecular weight excluding hydrogens is 202 g/mol. The van der Waals surface area contributed by atoms with Gasteiger partial charge < -0.3 is 4.74 Å². The molecule has 88 valence electrons. The lowest BCUT2D eigenvalue weighted by atomic mass is 10.1. The molecule has 0 aliphatic carbocycles. The highest BCUT2D eigenvalue weighted by Gasteiger charge is 2.21. The quantitative estimate of drug-likeness (QED) is 0.783. The molecule has 1 aromatic carbocycles. The average Bonchev–Trinajstić information content (AvgIpc) is 2.21. The first-order chi connectivity index (χ1) is 7.57. The molecule has 1 rings (SSSR count). The number of benzene rings is 1. The number of hydrogen-bond donors (Lipinski definition) is 0. The van der Waals surface area contributed by atoms with Gasteiger partial charge in [-0.3, -0.25) is 4.90 Å². The fourth-order valence-electron chi connectivity index (χ4n) is 1.61. The molecule has 0 bridgehead atoms. The van der Waals surface area contributed by atoms with Crippen molar-refractivity contribution in [2.24, 2.45) is 0 Å². The summed E-state index contributed by atoms with van der Waals surface area (Å²) >= 11 is 0. The van der Waals surface area contributed by atoms with E-state index < -0.39 is 0 Å². The van der Waals surface area contributed by atoms with E-state index in [0.29, 0.717) is 6.61 Å². The van der Waals surface area contributed by atoms with Gasteiger partial charge in [0.15, 0.2) is 0 Å². The molecule has 0 aliphatic rings. The number of nitrogens with zero attached hydrogens (tertiary/aromatic N) is 1. The van der Waals surface area contributed by atoms with E-state index in [1.807, 2.05) is 52.0 Å². The van der Waals surface area contributed by atoms with E-state index in [4.69, 9.17) is 4.74 Å². The molecule has 1 aromatic rings. The van der Waals surface area contributed by atoms with Crippen LogP contribution in [-0.4, -0.2) is 18.7 Å². The number of hydrogen-bond acceptors (Lipinski definition) is 2. The summed E-state index contributed by atoms with van der Waals surface area (Å²) in [5, 5.41) is 0. The number of anilines is 1. The molecule has 0 N–H and O–H groups in total. The van der Waals surface area contributed by atoms with Gasteiger partial charge in [0, 0.05) is 6.04 Å². The maximum atomic E-state index is 11.8. The van der Waals surface area contributed by atoms with Gasteiger partial charge in [-0.15, -0.1) is 0 Å². The zero-order valence-corrected chi connectivity index (χ0v) is 10.4. The van der Waals surface area contributed by atoms with Gasteiger partial charge in [0.05, 0.1) is 12.3 Å². The van der Waals surface area contributed by atoms with Crippen LogP contribution in [0.3, 0.4) is 0 Å². The molecular formula is C13H19NO2. The van der Waals surface area contributed by atoms with Crippen molar-refractivity contribution in [3.63, 3.8) is 0 Å². The van der Waals surface area contributed by atoms with Gasteiger partial charge in [-0.1, -0.05) is 18.2 Å². The van der Waals surface area contributed by atoms with Crippen molar-refractivity contribution >= 4 is 11.8 Å². The molecule has 16 heavy (non-hydrogen) atoms. The fraction of sp³-hybridized carbons (Fsp3) is 0.462. The Morgan fingerprint density at radius 3 is 2.50 bits per heavy atom. The molecule has 3 heteroatoms. The first kappa shape index (κ1) is 12.6. The number of rotatable bonds is 3. The second-order valence-electron chi connectivity index (χ2n) is 3.95. The Kier molecular flexibility index (Phi) is 4.35. The number of para-hydroxylation sites is 1. The highest BCUT2D eigenvalue weighted by molar-refractivity contribution is 5.89. The van der Waals surface area contributed by atoms with E-state index in [9.17, 15) is 4.79 Å². The Morgan fingerprint density at radius 1 is 1.38 bits per heavy atom. The Hall–Kier alpha value is -1.51. The number of amides is 1. The van der Waals surface area contributed by atoms with Gasteiger partial charge in [-0.25, -0.2) is 4.79 Å². The molecule has 1 amide bonds. The molecule has 0 saturated heterocycles. The molecule has 3 nitrogen and oxygen atoms in total. The van der Waals surface area contributed by atoms with E-state index in [1.165, 1.54) is 0 Å². The molecule has 0 saturated carbocycles. The monoisotopic (exact) mass is 221 g/mol. The summed E-state index contributed by atoms with van der Waals surface area (Å²) in [5.74, 6) is 0. The van der Waals surface area contributed by atoms with Crippen LogP contribution in [0.15, 0.2) is 24.3 Å². The lowest BCUT2D eigenvalue weighted by Crippen LogP contribution is -2.37. The van der Waals surface area contributed by atoms with Crippen LogP contribution in [0.2, 0.25) is 0 Å². The minimum Gasteiger partial charge on any atom is -0.449 e. The number of ether oxygens (including phenoxy) is 1. The summed E-state index contributed by atoms with van der Waals surface area (Å²) in [6.45, 7) is 8.15. The third-order valence-corrected chi connectivity index (χ3v) is 2.36. The van der Waals surface area contributed by atoms with Crippen molar-refractivity contribution < 1.29 is 9.53 Å². The van der Waals surface area contributed by atoms with Gasteiger partial charge in [0.25, 0.3) is 0 Å². The van der Waals surface area contributed by atoms with E-state index in [1.54, 1.807) is 4.90 Å². The van der Waals surface area contributed by atoms with Crippen LogP contribution in [-0.2, 0) is 4.74 Å². The van der Waals surface area contributed by atoms with Crippen molar-refractivity contribution in [3.05, 3.63) is 29.8 Å². The van der Waals surface area contributed by atoms with Crippen molar-refractivity contribution in [1.82, 2.24) is 0 Å². The maximum Gasteiger partial charge on any atom is 0.414 e. The van der Waals surface area contributed by atoms with Crippen LogP contribution in [0.1, 0.15) is 26.3 Å². The maximum absolute atomic E-state index is 11.8. The number of carbonyl (C=O) groups excluding carboxylic acids is 1. The zero-order valence-electron chi connectivity index (χ0n) is 10.4. The fourth-order valence-corrected chi connectivity index (χ4v) is 1.61. The Morgan fingerprint density at radius 2 is 2.00 bits per heavy atom. The SMILES string of the molecule is CCOC(=O)N(c1ccccc1C)C(C)C. The van der Waals surface area contributed by atoms with Gasteiger partial charge in [-0.05, 0) is 39.3 Å². The van der Waals surface area contributed by atoms with E-state index in [2.05, 4.69) is 0 Å². The first-order valence-electron chi connectivity index (χ1n) is 5.59. The average molecular weight is 221 g/mol. The second kappa shape index (κ2) is 5.54. The largest absolute Gasteiger partial charge is 0.449 e. The predicted molar refractivity (Wildman–Crippen MR) is 65.8 cm³/mol. The Balaban J connectivity index is 3.03. The molecule has 0 unspecified atom stereocenters. The van der Waals surface area contributed by atoms with Crippen molar-refractivity contribution in [3.8, 4) is 0 Å². The summed E-state index contributed by atoms with van der Waals surface area (Å²) in [6.07, 6.45) is -0.285. The summed E-state index contributed by atoms with van der Waals surface area (Å²) in [7, 11) is 0. The smallest absolute Gasteiger partial charge is 0.414 e. The number of carbonyl (C=O) groups is 1. The summed E-state index contributed by atoms with van der Waals surface area (Å²) < 4.78 is 5.06. The third kappa shape index (κ3) is 2.75. The lowest BCUT2D eigenvalue weighted by molar-refractivity contribution is 0.158. The lowest BCUT2D eigenvalue weighted by Gasteiger charge is -2.27. The standard InChI is InChI=1S/C13H19NO2/c1-5-16-13(15)14(10(2)3)12-9-7-6-8-11(12)4/h6-10H,5H2,1-4H3. The number of aryl methyl sites for hydroxylation is 1. The van der Waals surface area contributed by atoms with E-state index in [0.717, 1.165) is 11.3 Å². The summed E-state index contributed by atoms with van der Waals surface area (Å²) in [6, 6.07) is 7.90. The van der Waals surface area contributed by atoms with Crippen LogP contribution in [0.5, 0.6) is 0 Å². The van der Waals surface area contributed by atoms with Crippen LogP contribution < -0.4 is 4.90 Å². The minimum absolute atomic E-state index is 0.0835. The predicted octanol–water partition coefficient (Wildman–Crippen LogP) is 3.37. The topological polar surface area (TPSA) is 29.5 Å². The zero-order chi connectivity index (χ0) is 12.1. The van der Waals surface area contributed by atoms with Gasteiger partial charge in [-0.2, -0.15) is 0 Å². The Labute approximate surface area is 97.0 Å². The first-order valence-corrected chi connectivity index (χ1v) is 5.59. The molecule has 0 aliphatic heterocycles. The molecule has 0 heterocycles. The van der Waals surface area contributed by atoms with Gasteiger partial charge >= 0.3 is 6.09 Å².